The molecule has 4 nitrogen and oxygen atoms in total. The summed E-state index contributed by atoms with van der Waals surface area (Å²) in [7, 11) is 4.26. The lowest BCUT2D eigenvalue weighted by atomic mass is 9.88. The van der Waals surface area contributed by atoms with Gasteiger partial charge in [0.25, 0.3) is 0 Å². The summed E-state index contributed by atoms with van der Waals surface area (Å²) in [5.41, 5.74) is 5.67. The molecule has 3 N–H and O–H groups in total. The number of amides is 1. The Bertz CT molecular complexity index is 258. The highest BCUT2D eigenvalue weighted by Crippen LogP contribution is 2.30. The van der Waals surface area contributed by atoms with Gasteiger partial charge >= 0.3 is 0 Å². The average Bonchev–Trinajstić information content (AvgIpc) is 2.61. The van der Waals surface area contributed by atoms with Crippen LogP contribution in [0.1, 0.15) is 45.4 Å². The predicted octanol–water partition coefficient (Wildman–Crippen LogP) is 1.35. The van der Waals surface area contributed by atoms with E-state index >= 15 is 0 Å². The first kappa shape index (κ1) is 15.4. The van der Waals surface area contributed by atoms with Crippen molar-refractivity contribution in [1.29, 1.82) is 0 Å². The quantitative estimate of drug-likeness (QED) is 0.729. The maximum Gasteiger partial charge on any atom is 0.224 e. The molecule has 0 aliphatic heterocycles. The van der Waals surface area contributed by atoms with Gasteiger partial charge in [0.2, 0.25) is 5.91 Å². The number of nitrogens with two attached hydrogens (primary N) is 1. The molecule has 1 saturated carbocycles. The molecule has 106 valence electrons. The SMILES string of the molecule is CC(CN)C(=O)NCC1(N(C)C)CCCCCC1. The lowest BCUT2D eigenvalue weighted by molar-refractivity contribution is -0.124. The highest BCUT2D eigenvalue weighted by atomic mass is 16.1. The second-order valence-electron chi connectivity index (χ2n) is 5.89. The van der Waals surface area contributed by atoms with Gasteiger partial charge in [0, 0.05) is 24.5 Å². The molecule has 0 saturated heterocycles. The fourth-order valence-electron chi connectivity index (χ4n) is 2.70. The van der Waals surface area contributed by atoms with E-state index in [1.807, 2.05) is 6.92 Å². The molecule has 1 fully saturated rings. The van der Waals surface area contributed by atoms with E-state index in [0.717, 1.165) is 6.54 Å². The summed E-state index contributed by atoms with van der Waals surface area (Å²) in [6, 6.07) is 0. The lowest BCUT2D eigenvalue weighted by Crippen LogP contribution is -2.53. The van der Waals surface area contributed by atoms with Gasteiger partial charge < -0.3 is 16.0 Å². The van der Waals surface area contributed by atoms with Gasteiger partial charge in [0.05, 0.1) is 0 Å². The molecule has 0 aromatic rings. The van der Waals surface area contributed by atoms with Crippen molar-refractivity contribution in [2.75, 3.05) is 27.2 Å². The third-order valence-electron chi connectivity index (χ3n) is 4.38. The van der Waals surface area contributed by atoms with Gasteiger partial charge in [-0.1, -0.05) is 32.6 Å². The monoisotopic (exact) mass is 255 g/mol. The number of hydrogen-bond acceptors (Lipinski definition) is 3. The van der Waals surface area contributed by atoms with Crippen LogP contribution in [0.5, 0.6) is 0 Å². The minimum absolute atomic E-state index is 0.0861. The number of rotatable bonds is 5. The normalized spacial score (nSPS) is 21.4. The van der Waals surface area contributed by atoms with Crippen molar-refractivity contribution in [3.63, 3.8) is 0 Å². The van der Waals surface area contributed by atoms with Gasteiger partial charge in [0.1, 0.15) is 0 Å². The smallest absolute Gasteiger partial charge is 0.224 e. The molecule has 1 unspecified atom stereocenters. The summed E-state index contributed by atoms with van der Waals surface area (Å²) >= 11 is 0. The van der Waals surface area contributed by atoms with Crippen LogP contribution in [-0.4, -0.2) is 43.5 Å². The summed E-state index contributed by atoms with van der Waals surface area (Å²) in [5.74, 6) is -0.00189. The lowest BCUT2D eigenvalue weighted by Gasteiger charge is -2.40. The molecule has 0 aromatic carbocycles. The Hall–Kier alpha value is -0.610. The molecular weight excluding hydrogens is 226 g/mol. The number of hydrogen-bond donors (Lipinski definition) is 2. The molecule has 0 heterocycles. The Balaban J connectivity index is 2.59. The molecular formula is C14H29N3O. The van der Waals surface area contributed by atoms with E-state index in [1.54, 1.807) is 0 Å². The van der Waals surface area contributed by atoms with Crippen LogP contribution in [0, 0.1) is 5.92 Å². The Morgan fingerprint density at radius 1 is 1.28 bits per heavy atom. The first-order valence-electron chi connectivity index (χ1n) is 7.17. The number of nitrogens with one attached hydrogen (secondary N) is 1. The largest absolute Gasteiger partial charge is 0.354 e. The maximum atomic E-state index is 11.9. The van der Waals surface area contributed by atoms with E-state index < -0.39 is 0 Å². The van der Waals surface area contributed by atoms with Crippen molar-refractivity contribution in [3.05, 3.63) is 0 Å². The van der Waals surface area contributed by atoms with E-state index in [1.165, 1.54) is 38.5 Å². The highest BCUT2D eigenvalue weighted by molar-refractivity contribution is 5.78. The third kappa shape index (κ3) is 3.95. The van der Waals surface area contributed by atoms with Gasteiger partial charge in [0.15, 0.2) is 0 Å². The van der Waals surface area contributed by atoms with E-state index in [0.29, 0.717) is 6.54 Å². The molecule has 1 atom stereocenters. The zero-order valence-electron chi connectivity index (χ0n) is 12.2. The number of nitrogens with zero attached hydrogens (tertiary/aromatic N) is 1. The second kappa shape index (κ2) is 7.10. The van der Waals surface area contributed by atoms with Gasteiger partial charge in [-0.2, -0.15) is 0 Å². The first-order valence-corrected chi connectivity index (χ1v) is 7.17. The van der Waals surface area contributed by atoms with Gasteiger partial charge in [-0.05, 0) is 26.9 Å². The van der Waals surface area contributed by atoms with Crippen LogP contribution in [0.25, 0.3) is 0 Å². The molecule has 1 aliphatic carbocycles. The van der Waals surface area contributed by atoms with Crippen molar-refractivity contribution in [1.82, 2.24) is 10.2 Å². The maximum absolute atomic E-state index is 11.9. The molecule has 1 rings (SSSR count). The standard InChI is InChI=1S/C14H29N3O/c1-12(10-15)13(18)16-11-14(17(2)3)8-6-4-5-7-9-14/h12H,4-11,15H2,1-3H3,(H,16,18). The fourth-order valence-corrected chi connectivity index (χ4v) is 2.70. The van der Waals surface area contributed by atoms with Crippen molar-refractivity contribution < 1.29 is 4.79 Å². The van der Waals surface area contributed by atoms with Crippen LogP contribution < -0.4 is 11.1 Å². The van der Waals surface area contributed by atoms with Crippen molar-refractivity contribution in [2.24, 2.45) is 11.7 Å². The Morgan fingerprint density at radius 2 is 1.83 bits per heavy atom. The van der Waals surface area contributed by atoms with Crippen LogP contribution in [0.4, 0.5) is 0 Å². The van der Waals surface area contributed by atoms with Crippen LogP contribution in [0.15, 0.2) is 0 Å². The zero-order chi connectivity index (χ0) is 13.6. The molecule has 0 aromatic heterocycles. The number of carbonyl (C=O) groups excluding carboxylic acids is 1. The predicted molar refractivity (Wildman–Crippen MR) is 75.3 cm³/mol. The average molecular weight is 255 g/mol. The molecule has 18 heavy (non-hydrogen) atoms. The van der Waals surface area contributed by atoms with Gasteiger partial charge in [-0.25, -0.2) is 0 Å². The second-order valence-corrected chi connectivity index (χ2v) is 5.89. The molecule has 1 amide bonds. The Morgan fingerprint density at radius 3 is 2.28 bits per heavy atom. The van der Waals surface area contributed by atoms with E-state index in [9.17, 15) is 4.79 Å². The molecule has 0 radical (unpaired) electrons. The molecule has 1 aliphatic rings. The minimum Gasteiger partial charge on any atom is -0.354 e. The number of likely N-dealkylation sites (N-methyl/N-ethyl adjacent to an activating group) is 1. The molecule has 0 bridgehead atoms. The van der Waals surface area contributed by atoms with Crippen LogP contribution in [0.2, 0.25) is 0 Å². The van der Waals surface area contributed by atoms with Crippen molar-refractivity contribution in [3.8, 4) is 0 Å². The highest BCUT2D eigenvalue weighted by Gasteiger charge is 2.33. The van der Waals surface area contributed by atoms with Crippen LogP contribution in [0.3, 0.4) is 0 Å². The molecule has 4 heteroatoms. The van der Waals surface area contributed by atoms with E-state index in [2.05, 4.69) is 24.3 Å². The Kier molecular flexibility index (Phi) is 6.09. The van der Waals surface area contributed by atoms with E-state index in [-0.39, 0.29) is 17.4 Å². The summed E-state index contributed by atoms with van der Waals surface area (Å²) in [5, 5.41) is 3.09. The summed E-state index contributed by atoms with van der Waals surface area (Å²) in [4.78, 5) is 14.2. The van der Waals surface area contributed by atoms with Gasteiger partial charge in [-0.3, -0.25) is 4.79 Å². The van der Waals surface area contributed by atoms with E-state index in [4.69, 9.17) is 5.73 Å². The third-order valence-corrected chi connectivity index (χ3v) is 4.38. The fraction of sp³-hybridized carbons (Fsp3) is 0.929. The van der Waals surface area contributed by atoms with Crippen molar-refractivity contribution in [2.45, 2.75) is 51.0 Å². The van der Waals surface area contributed by atoms with Crippen LogP contribution in [-0.2, 0) is 4.79 Å². The van der Waals surface area contributed by atoms with Crippen LogP contribution >= 0.6 is 0 Å². The molecule has 0 spiro atoms. The Labute approximate surface area is 111 Å². The summed E-state index contributed by atoms with van der Waals surface area (Å²) < 4.78 is 0. The van der Waals surface area contributed by atoms with Gasteiger partial charge in [-0.15, -0.1) is 0 Å². The van der Waals surface area contributed by atoms with Crippen molar-refractivity contribution >= 4 is 5.91 Å². The first-order chi connectivity index (χ1) is 8.52. The topological polar surface area (TPSA) is 58.4 Å². The minimum atomic E-state index is -0.0880. The summed E-state index contributed by atoms with van der Waals surface area (Å²) in [6.45, 7) is 3.05. The zero-order valence-corrected chi connectivity index (χ0v) is 12.2. The summed E-state index contributed by atoms with van der Waals surface area (Å²) in [6.07, 6.45) is 7.53. The number of carbonyl (C=O) groups is 1.